The molecule has 3 rings (SSSR count). The number of phenols is 2. The summed E-state index contributed by atoms with van der Waals surface area (Å²) in [6.45, 7) is 0.275. The van der Waals surface area contributed by atoms with Gasteiger partial charge in [-0.2, -0.15) is 0 Å². The van der Waals surface area contributed by atoms with Crippen molar-refractivity contribution in [2.45, 2.75) is 0 Å². The molecule has 102 valence electrons. The minimum Gasteiger partial charge on any atom is -0.504 e. The van der Waals surface area contributed by atoms with Gasteiger partial charge in [-0.15, -0.1) is 0 Å². The highest BCUT2D eigenvalue weighted by molar-refractivity contribution is 5.92. The second kappa shape index (κ2) is 4.81. The first kappa shape index (κ1) is 12.4. The SMILES string of the molecule is COC1=C(c2ccccc2)COc2c1ccc(O)c2O. The van der Waals surface area contributed by atoms with Crippen LogP contribution < -0.4 is 4.74 Å². The molecule has 0 atom stereocenters. The van der Waals surface area contributed by atoms with Gasteiger partial charge in [-0.05, 0) is 17.7 Å². The van der Waals surface area contributed by atoms with E-state index < -0.39 is 0 Å². The van der Waals surface area contributed by atoms with Crippen molar-refractivity contribution in [2.24, 2.45) is 0 Å². The Kier molecular flexibility index (Phi) is 2.99. The number of aromatic hydroxyl groups is 2. The zero-order valence-electron chi connectivity index (χ0n) is 11.0. The van der Waals surface area contributed by atoms with Crippen molar-refractivity contribution in [3.8, 4) is 17.2 Å². The first-order valence-corrected chi connectivity index (χ1v) is 6.23. The van der Waals surface area contributed by atoms with E-state index in [1.165, 1.54) is 6.07 Å². The van der Waals surface area contributed by atoms with Gasteiger partial charge in [0, 0.05) is 5.57 Å². The fraction of sp³-hybridized carbons (Fsp3) is 0.125. The largest absolute Gasteiger partial charge is 0.504 e. The van der Waals surface area contributed by atoms with Gasteiger partial charge >= 0.3 is 0 Å². The lowest BCUT2D eigenvalue weighted by Gasteiger charge is -2.24. The third-order valence-corrected chi connectivity index (χ3v) is 3.32. The van der Waals surface area contributed by atoms with Gasteiger partial charge in [0.15, 0.2) is 11.5 Å². The molecule has 20 heavy (non-hydrogen) atoms. The predicted molar refractivity (Wildman–Crippen MR) is 75.5 cm³/mol. The summed E-state index contributed by atoms with van der Waals surface area (Å²) in [6.07, 6.45) is 0. The van der Waals surface area contributed by atoms with Gasteiger partial charge in [-0.1, -0.05) is 30.3 Å². The van der Waals surface area contributed by atoms with Crippen LogP contribution in [0, 0.1) is 0 Å². The van der Waals surface area contributed by atoms with Crippen LogP contribution in [-0.2, 0) is 4.74 Å². The highest BCUT2D eigenvalue weighted by Crippen LogP contribution is 2.45. The summed E-state index contributed by atoms with van der Waals surface area (Å²) >= 11 is 0. The smallest absolute Gasteiger partial charge is 0.201 e. The van der Waals surface area contributed by atoms with Crippen LogP contribution in [0.5, 0.6) is 17.2 Å². The van der Waals surface area contributed by atoms with E-state index in [2.05, 4.69) is 0 Å². The van der Waals surface area contributed by atoms with Crippen molar-refractivity contribution in [1.29, 1.82) is 0 Å². The first-order valence-electron chi connectivity index (χ1n) is 6.23. The molecule has 0 bridgehead atoms. The van der Waals surface area contributed by atoms with Gasteiger partial charge in [-0.3, -0.25) is 0 Å². The molecule has 0 aliphatic carbocycles. The average molecular weight is 270 g/mol. The topological polar surface area (TPSA) is 58.9 Å². The Labute approximate surface area is 116 Å². The number of ether oxygens (including phenoxy) is 2. The van der Waals surface area contributed by atoms with Gasteiger partial charge in [0.1, 0.15) is 12.4 Å². The monoisotopic (exact) mass is 270 g/mol. The molecule has 0 amide bonds. The molecule has 4 nitrogen and oxygen atoms in total. The normalized spacial score (nSPS) is 13.7. The molecule has 2 aromatic carbocycles. The summed E-state index contributed by atoms with van der Waals surface area (Å²) in [7, 11) is 1.58. The summed E-state index contributed by atoms with van der Waals surface area (Å²) < 4.78 is 11.1. The molecule has 0 radical (unpaired) electrons. The van der Waals surface area contributed by atoms with Gasteiger partial charge in [0.25, 0.3) is 0 Å². The summed E-state index contributed by atoms with van der Waals surface area (Å²) in [4.78, 5) is 0. The Morgan fingerprint density at radius 2 is 1.80 bits per heavy atom. The maximum Gasteiger partial charge on any atom is 0.201 e. The van der Waals surface area contributed by atoms with E-state index in [1.54, 1.807) is 13.2 Å². The molecule has 0 unspecified atom stereocenters. The molecule has 1 aliphatic rings. The standard InChI is InChI=1S/C16H14O4/c1-19-15-11-7-8-13(17)14(18)16(11)20-9-12(15)10-5-3-2-4-6-10/h2-8,17-18H,9H2,1H3. The van der Waals surface area contributed by atoms with Crippen LogP contribution in [0.3, 0.4) is 0 Å². The molecule has 2 aromatic rings. The van der Waals surface area contributed by atoms with Crippen molar-refractivity contribution in [2.75, 3.05) is 13.7 Å². The Balaban J connectivity index is 2.20. The molecule has 1 heterocycles. The molecule has 0 saturated carbocycles. The Bertz CT molecular complexity index is 674. The molecule has 1 aliphatic heterocycles. The molecule has 0 saturated heterocycles. The van der Waals surface area contributed by atoms with Crippen LogP contribution in [0.25, 0.3) is 11.3 Å². The highest BCUT2D eigenvalue weighted by Gasteiger charge is 2.26. The van der Waals surface area contributed by atoms with Crippen molar-refractivity contribution in [3.63, 3.8) is 0 Å². The second-order valence-electron chi connectivity index (χ2n) is 4.48. The summed E-state index contributed by atoms with van der Waals surface area (Å²) in [5, 5.41) is 19.4. The van der Waals surface area contributed by atoms with Crippen molar-refractivity contribution in [1.82, 2.24) is 0 Å². The van der Waals surface area contributed by atoms with E-state index in [0.29, 0.717) is 11.3 Å². The van der Waals surface area contributed by atoms with Crippen LogP contribution in [0.1, 0.15) is 11.1 Å². The number of phenolic OH excluding ortho intramolecular Hbond substituents is 2. The van der Waals surface area contributed by atoms with E-state index in [0.717, 1.165) is 11.1 Å². The third-order valence-electron chi connectivity index (χ3n) is 3.32. The number of benzene rings is 2. The van der Waals surface area contributed by atoms with Crippen molar-refractivity contribution < 1.29 is 19.7 Å². The zero-order chi connectivity index (χ0) is 14.1. The minimum absolute atomic E-state index is 0.206. The lowest BCUT2D eigenvalue weighted by molar-refractivity contribution is 0.306. The van der Waals surface area contributed by atoms with E-state index in [1.807, 2.05) is 30.3 Å². The van der Waals surface area contributed by atoms with Crippen LogP contribution in [-0.4, -0.2) is 23.9 Å². The maximum atomic E-state index is 9.86. The molecule has 4 heteroatoms. The van der Waals surface area contributed by atoms with Crippen LogP contribution >= 0.6 is 0 Å². The fourth-order valence-corrected chi connectivity index (χ4v) is 2.35. The minimum atomic E-state index is -0.260. The lowest BCUT2D eigenvalue weighted by atomic mass is 9.98. The molecular weight excluding hydrogens is 256 g/mol. The van der Waals surface area contributed by atoms with E-state index in [4.69, 9.17) is 9.47 Å². The van der Waals surface area contributed by atoms with Crippen LogP contribution in [0.2, 0.25) is 0 Å². The van der Waals surface area contributed by atoms with Gasteiger partial charge in [0.2, 0.25) is 5.75 Å². The summed E-state index contributed by atoms with van der Waals surface area (Å²) in [5.41, 5.74) is 2.54. The average Bonchev–Trinajstić information content (AvgIpc) is 2.50. The predicted octanol–water partition coefficient (Wildman–Crippen LogP) is 3.00. The first-order chi connectivity index (χ1) is 9.72. The molecule has 0 fully saturated rings. The number of rotatable bonds is 2. The van der Waals surface area contributed by atoms with Crippen LogP contribution in [0.15, 0.2) is 42.5 Å². The summed E-state index contributed by atoms with van der Waals surface area (Å²) in [6, 6.07) is 12.9. The maximum absolute atomic E-state index is 9.86. The second-order valence-corrected chi connectivity index (χ2v) is 4.48. The lowest BCUT2D eigenvalue weighted by Crippen LogP contribution is -2.12. The van der Waals surface area contributed by atoms with Gasteiger partial charge in [0.05, 0.1) is 12.7 Å². The molecule has 2 N–H and O–H groups in total. The quantitative estimate of drug-likeness (QED) is 0.824. The number of hydrogen-bond donors (Lipinski definition) is 2. The number of fused-ring (bicyclic) bond motifs is 1. The van der Waals surface area contributed by atoms with Gasteiger partial charge in [-0.25, -0.2) is 0 Å². The summed E-state index contributed by atoms with van der Waals surface area (Å²) in [5.74, 6) is 0.431. The highest BCUT2D eigenvalue weighted by atomic mass is 16.5. The van der Waals surface area contributed by atoms with Crippen molar-refractivity contribution >= 4 is 11.3 Å². The van der Waals surface area contributed by atoms with E-state index in [9.17, 15) is 10.2 Å². The Morgan fingerprint density at radius 3 is 2.50 bits per heavy atom. The zero-order valence-corrected chi connectivity index (χ0v) is 11.0. The van der Waals surface area contributed by atoms with E-state index in [-0.39, 0.29) is 23.9 Å². The molecule has 0 aromatic heterocycles. The fourth-order valence-electron chi connectivity index (χ4n) is 2.35. The Hall–Kier alpha value is -2.62. The third kappa shape index (κ3) is 1.86. The number of methoxy groups -OCH3 is 1. The molecule has 0 spiro atoms. The van der Waals surface area contributed by atoms with Gasteiger partial charge < -0.3 is 19.7 Å². The Morgan fingerprint density at radius 1 is 1.05 bits per heavy atom. The van der Waals surface area contributed by atoms with Crippen molar-refractivity contribution in [3.05, 3.63) is 53.6 Å². The molecular formula is C16H14O4. The number of hydrogen-bond acceptors (Lipinski definition) is 4. The van der Waals surface area contributed by atoms with Crippen LogP contribution in [0.4, 0.5) is 0 Å². The van der Waals surface area contributed by atoms with E-state index >= 15 is 0 Å².